The van der Waals surface area contributed by atoms with Gasteiger partial charge in [0.1, 0.15) is 0 Å². The van der Waals surface area contributed by atoms with Crippen molar-refractivity contribution in [3.05, 3.63) is 46.5 Å². The van der Waals surface area contributed by atoms with Gasteiger partial charge in [-0.15, -0.1) is 0 Å². The van der Waals surface area contributed by atoms with Gasteiger partial charge in [-0.2, -0.15) is 0 Å². The summed E-state index contributed by atoms with van der Waals surface area (Å²) >= 11 is 0. The van der Waals surface area contributed by atoms with Crippen molar-refractivity contribution in [2.45, 2.75) is 39.2 Å². The zero-order valence-electron chi connectivity index (χ0n) is 17.7. The summed E-state index contributed by atoms with van der Waals surface area (Å²) in [6, 6.07) is 8.52. The lowest BCUT2D eigenvalue weighted by atomic mass is 9.75. The quantitative estimate of drug-likeness (QED) is 0.748. The van der Waals surface area contributed by atoms with Gasteiger partial charge in [0, 0.05) is 23.4 Å². The first-order valence-electron chi connectivity index (χ1n) is 10.2. The molecule has 0 spiro atoms. The molecule has 0 N–H and O–H groups in total. The van der Waals surface area contributed by atoms with Crippen molar-refractivity contribution in [2.75, 3.05) is 27.6 Å². The van der Waals surface area contributed by atoms with Crippen LogP contribution in [0.25, 0.3) is 11.3 Å². The zero-order chi connectivity index (χ0) is 20.3. The molecular formula is C24H27NO4. The van der Waals surface area contributed by atoms with Crippen LogP contribution in [0.1, 0.15) is 49.4 Å². The predicted octanol–water partition coefficient (Wildman–Crippen LogP) is 4.82. The highest BCUT2D eigenvalue weighted by atomic mass is 16.7. The van der Waals surface area contributed by atoms with E-state index in [1.165, 1.54) is 33.5 Å². The van der Waals surface area contributed by atoms with Gasteiger partial charge in [0.05, 0.1) is 19.8 Å². The molecule has 0 amide bonds. The van der Waals surface area contributed by atoms with Crippen molar-refractivity contribution < 1.29 is 18.9 Å². The molecule has 3 aliphatic heterocycles. The van der Waals surface area contributed by atoms with Crippen LogP contribution in [-0.4, -0.2) is 32.5 Å². The Morgan fingerprint density at radius 1 is 1.03 bits per heavy atom. The SMILES string of the molecule is CCC1=C2c3cc4c(cc3CCN2C(C)(C)c2c1ccc(OC)c2OC)OCO4. The minimum atomic E-state index is -0.239. The van der Waals surface area contributed by atoms with Crippen LogP contribution < -0.4 is 18.9 Å². The second kappa shape index (κ2) is 6.34. The molecule has 0 fully saturated rings. The lowest BCUT2D eigenvalue weighted by molar-refractivity contribution is 0.174. The normalized spacial score (nSPS) is 18.2. The van der Waals surface area contributed by atoms with Gasteiger partial charge in [-0.1, -0.05) is 13.0 Å². The van der Waals surface area contributed by atoms with E-state index in [2.05, 4.69) is 43.9 Å². The number of rotatable bonds is 3. The van der Waals surface area contributed by atoms with Gasteiger partial charge in [-0.3, -0.25) is 0 Å². The Bertz CT molecular complexity index is 1040. The monoisotopic (exact) mass is 393 g/mol. The molecular weight excluding hydrogens is 366 g/mol. The molecule has 0 radical (unpaired) electrons. The first-order chi connectivity index (χ1) is 14.0. The summed E-state index contributed by atoms with van der Waals surface area (Å²) in [4.78, 5) is 2.53. The van der Waals surface area contributed by atoms with Gasteiger partial charge >= 0.3 is 0 Å². The molecule has 29 heavy (non-hydrogen) atoms. The van der Waals surface area contributed by atoms with Crippen molar-refractivity contribution in [3.63, 3.8) is 0 Å². The van der Waals surface area contributed by atoms with Crippen LogP contribution in [0.3, 0.4) is 0 Å². The first-order valence-corrected chi connectivity index (χ1v) is 10.2. The highest BCUT2D eigenvalue weighted by Gasteiger charge is 2.44. The van der Waals surface area contributed by atoms with E-state index in [-0.39, 0.29) is 5.54 Å². The summed E-state index contributed by atoms with van der Waals surface area (Å²) in [5.74, 6) is 3.30. The predicted molar refractivity (Wildman–Crippen MR) is 113 cm³/mol. The van der Waals surface area contributed by atoms with E-state index >= 15 is 0 Å². The number of fused-ring (bicyclic) bond motifs is 5. The standard InChI is InChI=1S/C24H27NO4/c1-6-15-16-7-8-18(26-4)23(27-5)21(16)24(2,3)25-10-9-14-11-19-20(29-13-28-19)12-17(14)22(15)25/h7-8,11-12H,6,9-10,13H2,1-5H3. The number of ether oxygens (including phenoxy) is 4. The Morgan fingerprint density at radius 3 is 2.48 bits per heavy atom. The highest BCUT2D eigenvalue weighted by molar-refractivity contribution is 5.96. The fourth-order valence-corrected chi connectivity index (χ4v) is 5.19. The van der Waals surface area contributed by atoms with Gasteiger partial charge in [0.15, 0.2) is 23.0 Å². The van der Waals surface area contributed by atoms with Crippen molar-refractivity contribution >= 4 is 11.3 Å². The summed E-state index contributed by atoms with van der Waals surface area (Å²) in [6.07, 6.45) is 1.90. The van der Waals surface area contributed by atoms with Crippen LogP contribution in [0.4, 0.5) is 0 Å². The number of nitrogens with zero attached hydrogens (tertiary/aromatic N) is 1. The van der Waals surface area contributed by atoms with Crippen molar-refractivity contribution in [1.29, 1.82) is 0 Å². The van der Waals surface area contributed by atoms with E-state index in [1.54, 1.807) is 14.2 Å². The summed E-state index contributed by atoms with van der Waals surface area (Å²) in [7, 11) is 3.42. The fourth-order valence-electron chi connectivity index (χ4n) is 5.19. The third-order valence-electron chi connectivity index (χ3n) is 6.52. The van der Waals surface area contributed by atoms with E-state index in [1.807, 2.05) is 6.07 Å². The maximum atomic E-state index is 5.86. The average molecular weight is 393 g/mol. The van der Waals surface area contributed by atoms with Crippen LogP contribution in [0.2, 0.25) is 0 Å². The van der Waals surface area contributed by atoms with Crippen LogP contribution in [-0.2, 0) is 12.0 Å². The van der Waals surface area contributed by atoms with Crippen molar-refractivity contribution in [1.82, 2.24) is 4.90 Å². The number of hydrogen-bond donors (Lipinski definition) is 0. The molecule has 0 bridgehead atoms. The Kier molecular flexibility index (Phi) is 3.99. The third kappa shape index (κ3) is 2.39. The van der Waals surface area contributed by atoms with Gasteiger partial charge in [-0.05, 0) is 61.6 Å². The number of methoxy groups -OCH3 is 2. The summed E-state index contributed by atoms with van der Waals surface area (Å²) < 4.78 is 22.8. The molecule has 3 heterocycles. The van der Waals surface area contributed by atoms with E-state index in [0.29, 0.717) is 6.79 Å². The molecule has 3 aliphatic rings. The zero-order valence-corrected chi connectivity index (χ0v) is 17.7. The van der Waals surface area contributed by atoms with Gasteiger partial charge in [0.2, 0.25) is 6.79 Å². The van der Waals surface area contributed by atoms with E-state index in [0.717, 1.165) is 42.4 Å². The number of allylic oxidation sites excluding steroid dienone is 1. The van der Waals surface area contributed by atoms with Crippen LogP contribution in [0, 0.1) is 0 Å². The molecule has 0 saturated heterocycles. The maximum absolute atomic E-state index is 5.86. The topological polar surface area (TPSA) is 40.2 Å². The minimum absolute atomic E-state index is 0.239. The van der Waals surface area contributed by atoms with E-state index in [9.17, 15) is 0 Å². The minimum Gasteiger partial charge on any atom is -0.493 e. The van der Waals surface area contributed by atoms with Gasteiger partial charge < -0.3 is 23.8 Å². The van der Waals surface area contributed by atoms with Crippen LogP contribution >= 0.6 is 0 Å². The lowest BCUT2D eigenvalue weighted by Gasteiger charge is -2.50. The summed E-state index contributed by atoms with van der Waals surface area (Å²) in [5, 5.41) is 0. The molecule has 0 aromatic heterocycles. The largest absolute Gasteiger partial charge is 0.493 e. The molecule has 0 atom stereocenters. The summed E-state index contributed by atoms with van der Waals surface area (Å²) in [6.45, 7) is 8.02. The van der Waals surface area contributed by atoms with Crippen LogP contribution in [0.15, 0.2) is 24.3 Å². The van der Waals surface area contributed by atoms with Gasteiger partial charge in [0.25, 0.3) is 0 Å². The Balaban J connectivity index is 1.83. The number of hydrogen-bond acceptors (Lipinski definition) is 5. The number of benzene rings is 2. The second-order valence-corrected chi connectivity index (χ2v) is 8.23. The lowest BCUT2D eigenvalue weighted by Crippen LogP contribution is -2.47. The van der Waals surface area contributed by atoms with Crippen molar-refractivity contribution in [3.8, 4) is 23.0 Å². The smallest absolute Gasteiger partial charge is 0.231 e. The molecule has 2 aromatic carbocycles. The molecule has 5 heteroatoms. The molecule has 0 aliphatic carbocycles. The average Bonchev–Trinajstić information content (AvgIpc) is 3.18. The first kappa shape index (κ1) is 18.2. The molecule has 152 valence electrons. The highest BCUT2D eigenvalue weighted by Crippen LogP contribution is 2.55. The van der Waals surface area contributed by atoms with E-state index in [4.69, 9.17) is 18.9 Å². The maximum Gasteiger partial charge on any atom is 0.231 e. The van der Waals surface area contributed by atoms with Gasteiger partial charge in [-0.25, -0.2) is 0 Å². The van der Waals surface area contributed by atoms with Crippen LogP contribution in [0.5, 0.6) is 23.0 Å². The Hall–Kier alpha value is -2.82. The fraction of sp³-hybridized carbons (Fsp3) is 0.417. The molecule has 5 nitrogen and oxygen atoms in total. The molecule has 0 unspecified atom stereocenters. The second-order valence-electron chi connectivity index (χ2n) is 8.23. The third-order valence-corrected chi connectivity index (χ3v) is 6.52. The molecule has 2 aromatic rings. The van der Waals surface area contributed by atoms with Crippen molar-refractivity contribution in [2.24, 2.45) is 0 Å². The molecule has 5 rings (SSSR count). The van der Waals surface area contributed by atoms with E-state index < -0.39 is 0 Å². The molecule has 0 saturated carbocycles. The Labute approximate surface area is 171 Å². The Morgan fingerprint density at radius 2 is 1.79 bits per heavy atom. The summed E-state index contributed by atoms with van der Waals surface area (Å²) in [5.41, 5.74) is 7.42.